The molecule has 3 aromatic rings. The molecule has 0 atom stereocenters. The van der Waals surface area contributed by atoms with E-state index < -0.39 is 34.7 Å². The van der Waals surface area contributed by atoms with Crippen LogP contribution >= 0.6 is 5.53 Å². The first-order valence-corrected chi connectivity index (χ1v) is 15.8. The molecule has 0 radical (unpaired) electrons. The van der Waals surface area contributed by atoms with Gasteiger partial charge in [-0.1, -0.05) is 54.6 Å². The van der Waals surface area contributed by atoms with Crippen LogP contribution in [0.3, 0.4) is 0 Å². The molecule has 9 nitrogen and oxygen atoms in total. The van der Waals surface area contributed by atoms with E-state index in [1.807, 2.05) is 0 Å². The van der Waals surface area contributed by atoms with Gasteiger partial charge in [0.15, 0.2) is 0 Å². The van der Waals surface area contributed by atoms with Gasteiger partial charge in [0.1, 0.15) is 17.2 Å². The molecule has 32 heavy (non-hydrogen) atoms. The number of hydrogen-bond donors (Lipinski definition) is 0. The van der Waals surface area contributed by atoms with E-state index >= 15 is 0 Å². The van der Waals surface area contributed by atoms with E-state index in [1.165, 1.54) is 72.8 Å². The Morgan fingerprint density at radius 1 is 0.438 bits per heavy atom. The van der Waals surface area contributed by atoms with E-state index in [1.54, 1.807) is 18.2 Å². The van der Waals surface area contributed by atoms with Crippen LogP contribution in [0.2, 0.25) is 0 Å². The van der Waals surface area contributed by atoms with Crippen molar-refractivity contribution < 1.29 is 37.8 Å². The Bertz CT molecular complexity index is 1160. The molecule has 14 heteroatoms. The molecule has 0 aromatic heterocycles. The molecule has 0 bridgehead atoms. The molecule has 0 aliphatic carbocycles. The summed E-state index contributed by atoms with van der Waals surface area (Å²) < 4.78 is 91.6. The van der Waals surface area contributed by atoms with Crippen molar-refractivity contribution in [3.05, 3.63) is 91.0 Å². The summed E-state index contributed by atoms with van der Waals surface area (Å²) >= 11 is 0. The van der Waals surface area contributed by atoms with Crippen molar-refractivity contribution in [1.29, 1.82) is 0 Å². The first kappa shape index (κ1) is 26.6. The summed E-state index contributed by atoms with van der Waals surface area (Å²) in [4.78, 5) is 0. The average Bonchev–Trinajstić information content (AvgIpc) is 2.68. The molecule has 0 amide bonds. The molecule has 0 saturated heterocycles. The summed E-state index contributed by atoms with van der Waals surface area (Å²) in [6, 6.07) is 20.6. The van der Waals surface area contributed by atoms with E-state index in [4.69, 9.17) is 12.5 Å². The molecular weight excluding hydrogens is 510 g/mol. The summed E-state index contributed by atoms with van der Waals surface area (Å²) in [5.74, 6) is -0.834. The summed E-state index contributed by atoms with van der Waals surface area (Å²) in [5.41, 5.74) is -4.11. The van der Waals surface area contributed by atoms with Crippen molar-refractivity contribution in [2.24, 2.45) is 0 Å². The van der Waals surface area contributed by atoms with Crippen LogP contribution in [-0.4, -0.2) is 54.8 Å². The third kappa shape index (κ3) is 6.92. The van der Waals surface area contributed by atoms with Crippen LogP contribution in [0.15, 0.2) is 91.0 Å². The molecule has 0 fully saturated rings. The predicted molar refractivity (Wildman–Crippen MR) is 122 cm³/mol. The van der Waals surface area contributed by atoms with Crippen LogP contribution in [0, 0.1) is 0 Å². The molecule has 0 spiro atoms. The molecular formula is C18H16NaO9PS3. The van der Waals surface area contributed by atoms with Crippen molar-refractivity contribution in [2.45, 2.75) is 0 Å². The van der Waals surface area contributed by atoms with Crippen molar-refractivity contribution in [3.8, 4) is 17.2 Å². The van der Waals surface area contributed by atoms with Crippen LogP contribution in [0.5, 0.6) is 17.2 Å². The van der Waals surface area contributed by atoms with Gasteiger partial charge < -0.3 is 12.5 Å². The molecule has 166 valence electrons. The second-order valence-electron chi connectivity index (χ2n) is 5.70. The third-order valence-electron chi connectivity index (χ3n) is 3.38. The monoisotopic (exact) mass is 526 g/mol. The van der Waals surface area contributed by atoms with Gasteiger partial charge in [-0.25, -0.2) is 0 Å². The molecule has 0 N–H and O–H groups in total. The average molecular weight is 526 g/mol. The zero-order valence-corrected chi connectivity index (χ0v) is 18.9. The van der Waals surface area contributed by atoms with Crippen LogP contribution in [0.4, 0.5) is 0 Å². The number of benzene rings is 3. The Balaban J connectivity index is 0.00000363. The van der Waals surface area contributed by atoms with Crippen LogP contribution in [-0.2, 0) is 29.2 Å². The van der Waals surface area contributed by atoms with Crippen molar-refractivity contribution >= 4 is 64.3 Å². The van der Waals surface area contributed by atoms with Gasteiger partial charge in [-0.3, -0.25) is 0 Å². The Labute approximate surface area is 209 Å². The Hall–Kier alpha value is -1.66. The molecule has 0 aliphatic heterocycles. The van der Waals surface area contributed by atoms with E-state index in [-0.39, 0.29) is 46.8 Å². The molecule has 0 saturated carbocycles. The molecule has 3 rings (SSSR count). The predicted octanol–water partition coefficient (Wildman–Crippen LogP) is 2.79. The SMILES string of the molecule is O=S(=O)(Oc1ccccc1)P(S(=O)(=O)Oc1ccccc1)S(=O)(=O)Oc1ccccc1.[NaH]. The van der Waals surface area contributed by atoms with E-state index in [2.05, 4.69) is 0 Å². The Morgan fingerprint density at radius 3 is 0.875 bits per heavy atom. The Morgan fingerprint density at radius 2 is 0.656 bits per heavy atom. The van der Waals surface area contributed by atoms with Crippen molar-refractivity contribution in [1.82, 2.24) is 0 Å². The van der Waals surface area contributed by atoms with Crippen LogP contribution in [0.1, 0.15) is 0 Å². The van der Waals surface area contributed by atoms with Crippen molar-refractivity contribution in [3.63, 3.8) is 0 Å². The van der Waals surface area contributed by atoms with Gasteiger partial charge in [-0.05, 0) is 36.4 Å². The minimum atomic E-state index is -5.29. The fourth-order valence-electron chi connectivity index (χ4n) is 2.22. The second kappa shape index (κ2) is 11.0. The topological polar surface area (TPSA) is 130 Å². The van der Waals surface area contributed by atoms with E-state index in [0.717, 1.165) is 0 Å². The van der Waals surface area contributed by atoms with Gasteiger partial charge in [-0.15, -0.1) is 0 Å². The molecule has 0 unspecified atom stereocenters. The summed E-state index contributed by atoms with van der Waals surface area (Å²) in [5, 5.41) is 0. The molecule has 3 aromatic carbocycles. The standard InChI is InChI=1S/C18H15O9PS3.Na.H/c19-29(20,25-16-10-4-1-5-11-16)28(30(21,22)26-17-12-6-2-7-13-17)31(23,24)27-18-14-8-3-9-15-18;;/h1-15H;;. The number of hydrogen-bond acceptors (Lipinski definition) is 9. The Kier molecular flexibility index (Phi) is 9.12. The third-order valence-corrected chi connectivity index (χ3v) is 19.5. The summed E-state index contributed by atoms with van der Waals surface area (Å²) in [6.07, 6.45) is 0. The summed E-state index contributed by atoms with van der Waals surface area (Å²) in [6.45, 7) is 0. The quantitative estimate of drug-likeness (QED) is 0.305. The van der Waals surface area contributed by atoms with Gasteiger partial charge in [-0.2, -0.15) is 25.3 Å². The minimum absolute atomic E-state index is 0. The van der Waals surface area contributed by atoms with E-state index in [9.17, 15) is 25.3 Å². The molecule has 0 aliphatic rings. The van der Waals surface area contributed by atoms with Gasteiger partial charge in [0.05, 0.1) is 0 Å². The first-order chi connectivity index (χ1) is 14.6. The maximum absolute atomic E-state index is 12.9. The fourth-order valence-corrected chi connectivity index (χ4v) is 15.2. The van der Waals surface area contributed by atoms with Crippen molar-refractivity contribution in [2.75, 3.05) is 0 Å². The van der Waals surface area contributed by atoms with Crippen LogP contribution < -0.4 is 12.5 Å². The molecule has 0 heterocycles. The number of rotatable bonds is 9. The van der Waals surface area contributed by atoms with Gasteiger partial charge in [0, 0.05) is 0 Å². The van der Waals surface area contributed by atoms with Gasteiger partial charge >= 0.3 is 64.3 Å². The zero-order valence-electron chi connectivity index (χ0n) is 15.5. The first-order valence-electron chi connectivity index (χ1n) is 8.39. The van der Waals surface area contributed by atoms with Gasteiger partial charge in [0.2, 0.25) is 0 Å². The maximum atomic E-state index is 12.9. The summed E-state index contributed by atoms with van der Waals surface area (Å²) in [7, 11) is -15.9. The normalized spacial score (nSPS) is 11.9. The second-order valence-corrected chi connectivity index (χ2v) is 18.6. The fraction of sp³-hybridized carbons (Fsp3) is 0. The van der Waals surface area contributed by atoms with Gasteiger partial charge in [0.25, 0.3) is 0 Å². The zero-order chi connectivity index (χ0) is 22.5. The van der Waals surface area contributed by atoms with Crippen LogP contribution in [0.25, 0.3) is 0 Å². The number of para-hydroxylation sites is 3. The van der Waals surface area contributed by atoms with E-state index in [0.29, 0.717) is 0 Å².